The average molecular weight is 466 g/mol. The van der Waals surface area contributed by atoms with Crippen LogP contribution in [-0.4, -0.2) is 46.8 Å². The van der Waals surface area contributed by atoms with Crippen LogP contribution in [0, 0.1) is 0 Å². The van der Waals surface area contributed by atoms with Gasteiger partial charge in [0.2, 0.25) is 5.91 Å². The summed E-state index contributed by atoms with van der Waals surface area (Å²) >= 11 is 0. The highest BCUT2D eigenvalue weighted by Crippen LogP contribution is 2.49. The number of ether oxygens (including phenoxy) is 1. The first kappa shape index (κ1) is 21.5. The molecule has 2 aliphatic rings. The van der Waals surface area contributed by atoms with Crippen LogP contribution in [0.15, 0.2) is 78.9 Å². The zero-order valence-corrected chi connectivity index (χ0v) is 19.8. The third-order valence-electron chi connectivity index (χ3n) is 7.55. The number of nitrogens with one attached hydrogen (secondary N) is 1. The molecular formula is C29H27N3O3. The third kappa shape index (κ3) is 3.16. The summed E-state index contributed by atoms with van der Waals surface area (Å²) in [6.45, 7) is 2.77. The quantitative estimate of drug-likeness (QED) is 0.486. The number of carbonyl (C=O) groups is 2. The number of piperazine rings is 1. The van der Waals surface area contributed by atoms with E-state index in [0.717, 1.165) is 39.0 Å². The first-order valence-corrected chi connectivity index (χ1v) is 11.9. The Morgan fingerprint density at radius 1 is 0.971 bits per heavy atom. The summed E-state index contributed by atoms with van der Waals surface area (Å²) in [6.07, 6.45) is 0. The Kier molecular flexibility index (Phi) is 4.92. The van der Waals surface area contributed by atoms with Crippen molar-refractivity contribution in [3.05, 3.63) is 101 Å². The molecule has 0 bridgehead atoms. The number of carbonyl (C=O) groups excluding carboxylic acids is 2. The number of hydrogen-bond acceptors (Lipinski definition) is 3. The number of benzene rings is 3. The summed E-state index contributed by atoms with van der Waals surface area (Å²) in [5.41, 5.74) is 3.71. The van der Waals surface area contributed by atoms with E-state index in [9.17, 15) is 9.59 Å². The van der Waals surface area contributed by atoms with Crippen LogP contribution in [-0.2, 0) is 21.7 Å². The largest absolute Gasteiger partial charge is 0.496 e. The minimum absolute atomic E-state index is 0.0489. The van der Waals surface area contributed by atoms with Crippen LogP contribution in [0.3, 0.4) is 0 Å². The number of aromatic nitrogens is 1. The topological polar surface area (TPSA) is 65.6 Å². The molecule has 35 heavy (non-hydrogen) atoms. The number of rotatable bonds is 4. The van der Waals surface area contributed by atoms with E-state index >= 15 is 0 Å². The first-order chi connectivity index (χ1) is 17.0. The van der Waals surface area contributed by atoms with Gasteiger partial charge in [-0.3, -0.25) is 9.59 Å². The molecule has 3 heterocycles. The molecule has 0 aliphatic carbocycles. The number of methoxy groups -OCH3 is 1. The van der Waals surface area contributed by atoms with Gasteiger partial charge in [-0.05, 0) is 30.2 Å². The lowest BCUT2D eigenvalue weighted by Crippen LogP contribution is -2.67. The minimum atomic E-state index is -1.11. The van der Waals surface area contributed by atoms with Crippen molar-refractivity contribution in [3.63, 3.8) is 0 Å². The van der Waals surface area contributed by atoms with E-state index in [2.05, 4.69) is 17.1 Å². The van der Waals surface area contributed by atoms with E-state index in [1.165, 1.54) is 0 Å². The Morgan fingerprint density at radius 3 is 2.49 bits per heavy atom. The van der Waals surface area contributed by atoms with Gasteiger partial charge in [0, 0.05) is 35.5 Å². The van der Waals surface area contributed by atoms with Crippen molar-refractivity contribution < 1.29 is 14.3 Å². The van der Waals surface area contributed by atoms with Crippen molar-refractivity contribution in [1.29, 1.82) is 0 Å². The molecule has 2 aliphatic heterocycles. The van der Waals surface area contributed by atoms with Gasteiger partial charge in [0.25, 0.3) is 5.91 Å². The van der Waals surface area contributed by atoms with Crippen LogP contribution in [0.25, 0.3) is 10.9 Å². The lowest BCUT2D eigenvalue weighted by molar-refractivity contribution is -0.166. The zero-order chi connectivity index (χ0) is 24.2. The summed E-state index contributed by atoms with van der Waals surface area (Å²) in [5, 5.41) is 1.07. The number of para-hydroxylation sites is 2. The number of H-pyrrole nitrogens is 1. The number of fused-ring (bicyclic) bond motifs is 5. The van der Waals surface area contributed by atoms with Crippen molar-refractivity contribution >= 4 is 22.7 Å². The molecular weight excluding hydrogens is 438 g/mol. The van der Waals surface area contributed by atoms with Gasteiger partial charge >= 0.3 is 0 Å². The summed E-state index contributed by atoms with van der Waals surface area (Å²) in [5.74, 6) is 0.543. The van der Waals surface area contributed by atoms with E-state index in [0.29, 0.717) is 13.1 Å². The lowest BCUT2D eigenvalue weighted by Gasteiger charge is -2.51. The molecule has 2 atom stereocenters. The van der Waals surface area contributed by atoms with E-state index in [1.54, 1.807) is 16.9 Å². The van der Waals surface area contributed by atoms with Crippen LogP contribution in [0.5, 0.6) is 5.75 Å². The molecule has 0 radical (unpaired) electrons. The second-order valence-electron chi connectivity index (χ2n) is 9.48. The Morgan fingerprint density at radius 2 is 1.69 bits per heavy atom. The second kappa shape index (κ2) is 8.01. The number of amides is 2. The van der Waals surface area contributed by atoms with Crippen LogP contribution in [0.4, 0.5) is 0 Å². The molecule has 6 nitrogen and oxygen atoms in total. The molecule has 6 heteroatoms. The summed E-state index contributed by atoms with van der Waals surface area (Å²) < 4.78 is 5.71. The van der Waals surface area contributed by atoms with Gasteiger partial charge in [-0.15, -0.1) is 0 Å². The molecule has 176 valence electrons. The molecule has 0 unspecified atom stereocenters. The number of nitrogens with zero attached hydrogens (tertiary/aromatic N) is 2. The smallest absolute Gasteiger partial charge is 0.255 e. The summed E-state index contributed by atoms with van der Waals surface area (Å²) in [7, 11) is 1.67. The monoisotopic (exact) mass is 465 g/mol. The number of aromatic amines is 1. The molecule has 6 rings (SSSR count). The minimum Gasteiger partial charge on any atom is -0.496 e. The third-order valence-corrected chi connectivity index (χ3v) is 7.55. The van der Waals surface area contributed by atoms with Gasteiger partial charge < -0.3 is 19.5 Å². The molecule has 0 spiro atoms. The van der Waals surface area contributed by atoms with Crippen molar-refractivity contribution in [1.82, 2.24) is 14.8 Å². The van der Waals surface area contributed by atoms with E-state index < -0.39 is 5.54 Å². The maximum Gasteiger partial charge on any atom is 0.255 e. The zero-order valence-electron chi connectivity index (χ0n) is 19.8. The van der Waals surface area contributed by atoms with E-state index in [4.69, 9.17) is 4.74 Å². The standard InChI is InChI=1S/C29H27N3O3/c1-29-27-26(21-13-6-8-14-23(21)30-27)22(20-12-7-9-15-24(20)35-2)17-32(29)25(33)18-31(28(29)34)16-19-10-4-3-5-11-19/h3-15,22,30H,16-18H2,1-2H3/t22-,29-/m0/s1. The molecule has 1 aromatic heterocycles. The maximum atomic E-state index is 14.1. The lowest BCUT2D eigenvalue weighted by atomic mass is 9.76. The van der Waals surface area contributed by atoms with E-state index in [1.807, 2.05) is 73.7 Å². The molecule has 1 N–H and O–H groups in total. The fourth-order valence-corrected chi connectivity index (χ4v) is 5.84. The van der Waals surface area contributed by atoms with Crippen LogP contribution in [0.1, 0.15) is 35.2 Å². The van der Waals surface area contributed by atoms with Gasteiger partial charge in [0.05, 0.1) is 12.8 Å². The van der Waals surface area contributed by atoms with Crippen molar-refractivity contribution in [2.75, 3.05) is 20.2 Å². The summed E-state index contributed by atoms with van der Waals surface area (Å²) in [4.78, 5) is 34.8. The SMILES string of the molecule is COc1ccccc1[C@@H]1CN2C(=O)CN(Cc3ccccc3)C(=O)[C@]2(C)c2[nH]c3ccccc3c21. The molecule has 3 aromatic carbocycles. The Hall–Kier alpha value is -4.06. The molecule has 4 aromatic rings. The highest BCUT2D eigenvalue weighted by atomic mass is 16.5. The molecule has 0 saturated carbocycles. The highest BCUT2D eigenvalue weighted by molar-refractivity contribution is 6.01. The predicted octanol–water partition coefficient (Wildman–Crippen LogP) is 4.41. The summed E-state index contributed by atoms with van der Waals surface area (Å²) in [6, 6.07) is 25.9. The number of hydrogen-bond donors (Lipinski definition) is 1. The van der Waals surface area contributed by atoms with Gasteiger partial charge in [-0.2, -0.15) is 0 Å². The predicted molar refractivity (Wildman–Crippen MR) is 134 cm³/mol. The Balaban J connectivity index is 1.53. The van der Waals surface area contributed by atoms with Gasteiger partial charge in [-0.1, -0.05) is 66.7 Å². The van der Waals surface area contributed by atoms with Crippen LogP contribution >= 0.6 is 0 Å². The van der Waals surface area contributed by atoms with Crippen LogP contribution < -0.4 is 4.74 Å². The van der Waals surface area contributed by atoms with Crippen LogP contribution in [0.2, 0.25) is 0 Å². The van der Waals surface area contributed by atoms with Gasteiger partial charge in [0.1, 0.15) is 12.3 Å². The highest BCUT2D eigenvalue weighted by Gasteiger charge is 2.56. The fraction of sp³-hybridized carbons (Fsp3) is 0.241. The van der Waals surface area contributed by atoms with Crippen molar-refractivity contribution in [2.24, 2.45) is 0 Å². The average Bonchev–Trinajstić information content (AvgIpc) is 3.29. The first-order valence-electron chi connectivity index (χ1n) is 11.9. The Labute approximate surface area is 204 Å². The second-order valence-corrected chi connectivity index (χ2v) is 9.48. The Bertz CT molecular complexity index is 1440. The van der Waals surface area contributed by atoms with Crippen molar-refractivity contribution in [3.8, 4) is 5.75 Å². The normalized spacial score (nSPS) is 21.7. The molecule has 2 amide bonds. The van der Waals surface area contributed by atoms with E-state index in [-0.39, 0.29) is 24.3 Å². The molecule has 1 saturated heterocycles. The van der Waals surface area contributed by atoms with Gasteiger partial charge in [-0.25, -0.2) is 0 Å². The molecule has 1 fully saturated rings. The maximum absolute atomic E-state index is 14.1. The van der Waals surface area contributed by atoms with Crippen molar-refractivity contribution in [2.45, 2.75) is 24.9 Å². The fourth-order valence-electron chi connectivity index (χ4n) is 5.84. The van der Waals surface area contributed by atoms with Gasteiger partial charge in [0.15, 0.2) is 5.54 Å².